The third kappa shape index (κ3) is 5.43. The summed E-state index contributed by atoms with van der Waals surface area (Å²) in [5.74, 6) is -0.323. The Hall–Kier alpha value is -1.64. The van der Waals surface area contributed by atoms with Crippen LogP contribution in [0.4, 0.5) is 5.69 Å². The number of hydrogen-bond acceptors (Lipinski definition) is 4. The molecule has 0 radical (unpaired) electrons. The average molecular weight is 383 g/mol. The molecule has 0 aromatic heterocycles. The van der Waals surface area contributed by atoms with Gasteiger partial charge < -0.3 is 10.2 Å². The van der Waals surface area contributed by atoms with Gasteiger partial charge in [-0.05, 0) is 31.4 Å². The molecule has 0 saturated carbocycles. The SMILES string of the molecule is CN(CCCNC(=O)[C@H]1CCCN(S(=O)(=O)N(C)C)C1)c1ccccc1. The molecule has 1 N–H and O–H groups in total. The molecule has 0 spiro atoms. The lowest BCUT2D eigenvalue weighted by atomic mass is 9.99. The molecule has 26 heavy (non-hydrogen) atoms. The Morgan fingerprint density at radius 3 is 2.58 bits per heavy atom. The lowest BCUT2D eigenvalue weighted by molar-refractivity contribution is -0.126. The number of nitrogens with zero attached hydrogens (tertiary/aromatic N) is 3. The van der Waals surface area contributed by atoms with Crippen LogP contribution in [0, 0.1) is 5.92 Å². The van der Waals surface area contributed by atoms with Crippen molar-refractivity contribution < 1.29 is 13.2 Å². The average Bonchev–Trinajstić information content (AvgIpc) is 2.65. The van der Waals surface area contributed by atoms with Crippen LogP contribution in [0.2, 0.25) is 0 Å². The predicted molar refractivity (Wildman–Crippen MR) is 104 cm³/mol. The van der Waals surface area contributed by atoms with Crippen LogP contribution in [-0.4, -0.2) is 70.3 Å². The van der Waals surface area contributed by atoms with Crippen molar-refractivity contribution >= 4 is 21.8 Å². The van der Waals surface area contributed by atoms with Crippen LogP contribution in [0.1, 0.15) is 19.3 Å². The zero-order chi connectivity index (χ0) is 19.2. The Balaban J connectivity index is 1.75. The summed E-state index contributed by atoms with van der Waals surface area (Å²) in [6, 6.07) is 10.1. The number of carbonyl (C=O) groups is 1. The number of hydrogen-bond donors (Lipinski definition) is 1. The zero-order valence-electron chi connectivity index (χ0n) is 15.9. The van der Waals surface area contributed by atoms with Crippen molar-refractivity contribution in [2.24, 2.45) is 5.92 Å². The standard InChI is InChI=1S/C18H30N4O3S/c1-20(2)26(24,25)22-14-7-9-16(15-22)18(23)19-12-8-13-21(3)17-10-5-4-6-11-17/h4-6,10-11,16H,7-9,12-15H2,1-3H3,(H,19,23)/t16-/m0/s1. The molecule has 1 amide bonds. The number of nitrogens with one attached hydrogen (secondary N) is 1. The molecule has 1 fully saturated rings. The molecule has 1 aliphatic rings. The molecule has 1 heterocycles. The summed E-state index contributed by atoms with van der Waals surface area (Å²) < 4.78 is 27.1. The van der Waals surface area contributed by atoms with E-state index in [1.807, 2.05) is 25.2 Å². The first-order chi connectivity index (χ1) is 12.3. The Kier molecular flexibility index (Phi) is 7.43. The van der Waals surface area contributed by atoms with Crippen LogP contribution in [-0.2, 0) is 15.0 Å². The van der Waals surface area contributed by atoms with Crippen molar-refractivity contribution in [2.75, 3.05) is 52.2 Å². The molecule has 146 valence electrons. The first kappa shape index (κ1) is 20.7. The van der Waals surface area contributed by atoms with Crippen molar-refractivity contribution in [3.05, 3.63) is 30.3 Å². The first-order valence-corrected chi connectivity index (χ1v) is 10.4. The van der Waals surface area contributed by atoms with Gasteiger partial charge in [0.05, 0.1) is 5.92 Å². The van der Waals surface area contributed by atoms with E-state index in [4.69, 9.17) is 0 Å². The van der Waals surface area contributed by atoms with E-state index in [0.29, 0.717) is 19.5 Å². The number of benzene rings is 1. The van der Waals surface area contributed by atoms with Gasteiger partial charge in [-0.1, -0.05) is 18.2 Å². The Labute approximate surface area is 157 Å². The van der Waals surface area contributed by atoms with Crippen LogP contribution < -0.4 is 10.2 Å². The van der Waals surface area contributed by atoms with Gasteiger partial charge in [0.15, 0.2) is 0 Å². The first-order valence-electron chi connectivity index (χ1n) is 9.04. The molecule has 0 aliphatic carbocycles. The third-order valence-electron chi connectivity index (χ3n) is 4.71. The van der Waals surface area contributed by atoms with Crippen molar-refractivity contribution in [2.45, 2.75) is 19.3 Å². The quantitative estimate of drug-likeness (QED) is 0.685. The minimum atomic E-state index is -3.45. The number of carbonyl (C=O) groups excluding carboxylic acids is 1. The van der Waals surface area contributed by atoms with E-state index < -0.39 is 10.2 Å². The van der Waals surface area contributed by atoms with E-state index in [1.54, 1.807) is 0 Å². The summed E-state index contributed by atoms with van der Waals surface area (Å²) in [5.41, 5.74) is 1.15. The summed E-state index contributed by atoms with van der Waals surface area (Å²) in [6.45, 7) is 2.17. The second-order valence-electron chi connectivity index (χ2n) is 6.89. The maximum Gasteiger partial charge on any atom is 0.281 e. The summed E-state index contributed by atoms with van der Waals surface area (Å²) in [6.07, 6.45) is 2.28. The molecule has 2 rings (SSSR count). The molecule has 8 heteroatoms. The van der Waals surface area contributed by atoms with Crippen LogP contribution in [0.3, 0.4) is 0 Å². The van der Waals surface area contributed by atoms with Gasteiger partial charge in [0, 0.05) is 53.0 Å². The maximum atomic E-state index is 12.4. The molecule has 1 atom stereocenters. The van der Waals surface area contributed by atoms with Crippen LogP contribution in [0.5, 0.6) is 0 Å². The smallest absolute Gasteiger partial charge is 0.281 e. The lowest BCUT2D eigenvalue weighted by Crippen LogP contribution is -2.49. The van der Waals surface area contributed by atoms with E-state index in [-0.39, 0.29) is 18.4 Å². The summed E-state index contributed by atoms with van der Waals surface area (Å²) in [7, 11) is 1.61. The zero-order valence-corrected chi connectivity index (χ0v) is 16.7. The highest BCUT2D eigenvalue weighted by atomic mass is 32.2. The largest absolute Gasteiger partial charge is 0.375 e. The lowest BCUT2D eigenvalue weighted by Gasteiger charge is -2.32. The normalized spacial score (nSPS) is 18.7. The minimum Gasteiger partial charge on any atom is -0.375 e. The minimum absolute atomic E-state index is 0.0500. The van der Waals surface area contributed by atoms with E-state index in [0.717, 1.165) is 25.1 Å². The summed E-state index contributed by atoms with van der Waals surface area (Å²) in [4.78, 5) is 14.5. The van der Waals surface area contributed by atoms with Gasteiger partial charge in [0.1, 0.15) is 0 Å². The van der Waals surface area contributed by atoms with E-state index in [2.05, 4.69) is 22.3 Å². The monoisotopic (exact) mass is 382 g/mol. The number of piperidine rings is 1. The molecule has 1 aliphatic heterocycles. The Morgan fingerprint density at radius 2 is 1.92 bits per heavy atom. The highest BCUT2D eigenvalue weighted by Crippen LogP contribution is 2.20. The Morgan fingerprint density at radius 1 is 1.23 bits per heavy atom. The highest BCUT2D eigenvalue weighted by molar-refractivity contribution is 7.86. The van der Waals surface area contributed by atoms with Crippen molar-refractivity contribution in [1.82, 2.24) is 13.9 Å². The fourth-order valence-corrected chi connectivity index (χ4v) is 4.27. The van der Waals surface area contributed by atoms with E-state index in [1.165, 1.54) is 22.7 Å². The summed E-state index contributed by atoms with van der Waals surface area (Å²) >= 11 is 0. The van der Waals surface area contributed by atoms with Crippen LogP contribution in [0.15, 0.2) is 30.3 Å². The number of amides is 1. The van der Waals surface area contributed by atoms with E-state index >= 15 is 0 Å². The number of anilines is 1. The second kappa shape index (κ2) is 9.34. The van der Waals surface area contributed by atoms with Crippen molar-refractivity contribution in [3.8, 4) is 0 Å². The second-order valence-corrected chi connectivity index (χ2v) is 9.03. The van der Waals surface area contributed by atoms with Gasteiger partial charge >= 0.3 is 0 Å². The fraction of sp³-hybridized carbons (Fsp3) is 0.611. The molecular weight excluding hydrogens is 352 g/mol. The molecule has 1 saturated heterocycles. The fourth-order valence-electron chi connectivity index (χ4n) is 3.08. The van der Waals surface area contributed by atoms with Gasteiger partial charge in [-0.15, -0.1) is 0 Å². The molecule has 0 bridgehead atoms. The van der Waals surface area contributed by atoms with Gasteiger partial charge in [-0.3, -0.25) is 4.79 Å². The molecule has 1 aromatic rings. The van der Waals surface area contributed by atoms with Gasteiger partial charge in [0.25, 0.3) is 10.2 Å². The van der Waals surface area contributed by atoms with Crippen LogP contribution in [0.25, 0.3) is 0 Å². The van der Waals surface area contributed by atoms with Gasteiger partial charge in [-0.2, -0.15) is 17.0 Å². The third-order valence-corrected chi connectivity index (χ3v) is 6.62. The molecule has 1 aromatic carbocycles. The topological polar surface area (TPSA) is 73.0 Å². The van der Waals surface area contributed by atoms with Gasteiger partial charge in [-0.25, -0.2) is 0 Å². The van der Waals surface area contributed by atoms with Crippen molar-refractivity contribution in [3.63, 3.8) is 0 Å². The summed E-state index contributed by atoms with van der Waals surface area (Å²) in [5, 5.41) is 2.96. The highest BCUT2D eigenvalue weighted by Gasteiger charge is 2.33. The van der Waals surface area contributed by atoms with Crippen molar-refractivity contribution in [1.29, 1.82) is 0 Å². The van der Waals surface area contributed by atoms with Gasteiger partial charge in [0.2, 0.25) is 5.91 Å². The number of para-hydroxylation sites is 1. The predicted octanol–water partition coefficient (Wildman–Crippen LogP) is 1.15. The Bertz CT molecular complexity index is 679. The number of rotatable bonds is 8. The maximum absolute atomic E-state index is 12.4. The molecular formula is C18H30N4O3S. The van der Waals surface area contributed by atoms with Crippen LogP contribution >= 0.6 is 0 Å². The molecule has 7 nitrogen and oxygen atoms in total. The molecule has 0 unspecified atom stereocenters. The van der Waals surface area contributed by atoms with E-state index in [9.17, 15) is 13.2 Å².